The summed E-state index contributed by atoms with van der Waals surface area (Å²) in [5.41, 5.74) is 2.75. The van der Waals surface area contributed by atoms with Crippen molar-refractivity contribution in [3.05, 3.63) is 17.0 Å². The maximum atomic E-state index is 13.1. The molecule has 1 amide bonds. The number of carbonyl (C=O) groups excluding carboxylic acids is 1. The molecule has 4 rings (SSSR count). The lowest BCUT2D eigenvalue weighted by Crippen LogP contribution is -2.65. The number of hydrogen-bond donors (Lipinski definition) is 1. The Morgan fingerprint density at radius 2 is 1.96 bits per heavy atom. The molecule has 1 aromatic rings. The molecule has 3 aliphatic rings. The number of nitrogens with one attached hydrogen (secondary N) is 1. The van der Waals surface area contributed by atoms with Crippen LogP contribution in [0.1, 0.15) is 61.0 Å². The Labute approximate surface area is 137 Å². The molecule has 1 aromatic heterocycles. The molecule has 6 nitrogen and oxygen atoms in total. The molecular formula is C17H26N4O2. The number of piperidine rings is 1. The Morgan fingerprint density at radius 1 is 1.26 bits per heavy atom. The lowest BCUT2D eigenvalue weighted by Gasteiger charge is -2.56. The van der Waals surface area contributed by atoms with Crippen LogP contribution in [0, 0.1) is 0 Å². The summed E-state index contributed by atoms with van der Waals surface area (Å²) in [5.74, 6) is 0.111. The largest absolute Gasteiger partial charge is 0.369 e. The van der Waals surface area contributed by atoms with Gasteiger partial charge in [-0.2, -0.15) is 5.10 Å². The Bertz CT molecular complexity index is 618. The number of nitrogens with zero attached hydrogens (tertiary/aromatic N) is 3. The first kappa shape index (κ1) is 15.1. The van der Waals surface area contributed by atoms with Crippen LogP contribution in [0.15, 0.2) is 0 Å². The second-order valence-electron chi connectivity index (χ2n) is 7.49. The van der Waals surface area contributed by atoms with Crippen molar-refractivity contribution in [2.75, 3.05) is 26.7 Å². The second kappa shape index (κ2) is 5.31. The number of aromatic amines is 1. The average molecular weight is 318 g/mol. The van der Waals surface area contributed by atoms with Crippen LogP contribution in [-0.4, -0.2) is 64.2 Å². The number of amides is 1. The Morgan fingerprint density at radius 3 is 2.61 bits per heavy atom. The van der Waals surface area contributed by atoms with E-state index >= 15 is 0 Å². The number of fused-ring (bicyclic) bond motifs is 1. The van der Waals surface area contributed by atoms with Gasteiger partial charge in [-0.15, -0.1) is 0 Å². The van der Waals surface area contributed by atoms with Crippen LogP contribution in [0.2, 0.25) is 0 Å². The van der Waals surface area contributed by atoms with Gasteiger partial charge >= 0.3 is 0 Å². The van der Waals surface area contributed by atoms with E-state index in [1.165, 1.54) is 0 Å². The quantitative estimate of drug-likeness (QED) is 0.857. The van der Waals surface area contributed by atoms with Gasteiger partial charge in [-0.3, -0.25) is 9.89 Å². The maximum absolute atomic E-state index is 13.1. The summed E-state index contributed by atoms with van der Waals surface area (Å²) in [5, 5.41) is 7.42. The molecule has 2 atom stereocenters. The Hall–Kier alpha value is -1.40. The van der Waals surface area contributed by atoms with Gasteiger partial charge in [0.2, 0.25) is 0 Å². The number of ether oxygens (including phenoxy) is 1. The molecule has 0 aliphatic carbocycles. The van der Waals surface area contributed by atoms with Crippen LogP contribution < -0.4 is 0 Å². The number of H-pyrrole nitrogens is 1. The van der Waals surface area contributed by atoms with Crippen LogP contribution in [-0.2, 0) is 11.2 Å². The highest BCUT2D eigenvalue weighted by molar-refractivity contribution is 5.95. The summed E-state index contributed by atoms with van der Waals surface area (Å²) in [6.45, 7) is 7.09. The lowest BCUT2D eigenvalue weighted by molar-refractivity contribution is -0.0357. The van der Waals surface area contributed by atoms with E-state index in [-0.39, 0.29) is 23.7 Å². The number of aromatic nitrogens is 2. The first-order chi connectivity index (χ1) is 11.0. The fraction of sp³-hybridized carbons (Fsp3) is 0.765. The van der Waals surface area contributed by atoms with Crippen molar-refractivity contribution >= 4 is 5.91 Å². The minimum Gasteiger partial charge on any atom is -0.369 e. The summed E-state index contributed by atoms with van der Waals surface area (Å²) in [4.78, 5) is 17.6. The van der Waals surface area contributed by atoms with Crippen molar-refractivity contribution in [3.63, 3.8) is 0 Å². The summed E-state index contributed by atoms with van der Waals surface area (Å²) in [7, 11) is 2.16. The van der Waals surface area contributed by atoms with Crippen molar-refractivity contribution in [1.82, 2.24) is 20.0 Å². The van der Waals surface area contributed by atoms with Gasteiger partial charge in [0.15, 0.2) is 5.69 Å². The molecule has 2 saturated heterocycles. The third-order valence-electron chi connectivity index (χ3n) is 5.97. The highest BCUT2D eigenvalue weighted by atomic mass is 16.5. The molecule has 4 heterocycles. The molecule has 0 saturated carbocycles. The molecule has 0 radical (unpaired) electrons. The molecule has 1 N–H and O–H groups in total. The maximum Gasteiger partial charge on any atom is 0.275 e. The van der Waals surface area contributed by atoms with Crippen molar-refractivity contribution < 1.29 is 9.53 Å². The molecule has 3 aliphatic heterocycles. The zero-order chi connectivity index (χ0) is 16.2. The van der Waals surface area contributed by atoms with E-state index in [0.29, 0.717) is 5.69 Å². The predicted octanol–water partition coefficient (Wildman–Crippen LogP) is 1.74. The van der Waals surface area contributed by atoms with Crippen LogP contribution in [0.5, 0.6) is 0 Å². The summed E-state index contributed by atoms with van der Waals surface area (Å²) < 4.78 is 5.83. The monoisotopic (exact) mass is 318 g/mol. The Balaban J connectivity index is 1.59. The zero-order valence-electron chi connectivity index (χ0n) is 14.3. The zero-order valence-corrected chi connectivity index (χ0v) is 14.3. The minimum absolute atomic E-state index is 0.0171. The molecule has 1 spiro atoms. The molecule has 0 unspecified atom stereocenters. The first-order valence-electron chi connectivity index (χ1n) is 8.73. The van der Waals surface area contributed by atoms with Crippen molar-refractivity contribution in [2.45, 2.75) is 57.3 Å². The Kier molecular flexibility index (Phi) is 3.50. The predicted molar refractivity (Wildman–Crippen MR) is 86.4 cm³/mol. The SMILES string of the molecule is C[C@@H]1Cc2c(C(=O)N3CCC34CCN(C)CC4)n[nH]c2[C@H](C)O1. The smallest absolute Gasteiger partial charge is 0.275 e. The van der Waals surface area contributed by atoms with Gasteiger partial charge in [-0.1, -0.05) is 0 Å². The van der Waals surface area contributed by atoms with Crippen molar-refractivity contribution in [3.8, 4) is 0 Å². The first-order valence-corrected chi connectivity index (χ1v) is 8.73. The van der Waals surface area contributed by atoms with Crippen LogP contribution in [0.3, 0.4) is 0 Å². The van der Waals surface area contributed by atoms with Gasteiger partial charge < -0.3 is 14.5 Å². The molecule has 2 fully saturated rings. The summed E-state index contributed by atoms with van der Waals surface area (Å²) in [6.07, 6.45) is 4.18. The second-order valence-corrected chi connectivity index (χ2v) is 7.49. The fourth-order valence-electron chi connectivity index (χ4n) is 4.39. The van der Waals surface area contributed by atoms with E-state index in [0.717, 1.165) is 56.6 Å². The van der Waals surface area contributed by atoms with Gasteiger partial charge in [0.25, 0.3) is 5.91 Å². The summed E-state index contributed by atoms with van der Waals surface area (Å²) in [6, 6.07) is 0. The third kappa shape index (κ3) is 2.31. The van der Waals surface area contributed by atoms with Gasteiger partial charge in [0.1, 0.15) is 0 Å². The molecule has 0 aromatic carbocycles. The average Bonchev–Trinajstić information content (AvgIpc) is 2.91. The topological polar surface area (TPSA) is 61.5 Å². The highest BCUT2D eigenvalue weighted by Gasteiger charge is 2.49. The molecular weight excluding hydrogens is 292 g/mol. The molecule has 23 heavy (non-hydrogen) atoms. The van der Waals surface area contributed by atoms with Crippen LogP contribution in [0.4, 0.5) is 0 Å². The number of hydrogen-bond acceptors (Lipinski definition) is 4. The van der Waals surface area contributed by atoms with Gasteiger partial charge in [-0.05, 0) is 40.2 Å². The van der Waals surface area contributed by atoms with Crippen molar-refractivity contribution in [2.24, 2.45) is 0 Å². The van der Waals surface area contributed by atoms with Gasteiger partial charge in [0.05, 0.1) is 17.9 Å². The van der Waals surface area contributed by atoms with E-state index < -0.39 is 0 Å². The van der Waals surface area contributed by atoms with Crippen LogP contribution in [0.25, 0.3) is 0 Å². The van der Waals surface area contributed by atoms with E-state index in [4.69, 9.17) is 4.74 Å². The van der Waals surface area contributed by atoms with Gasteiger partial charge in [0, 0.05) is 37.2 Å². The van der Waals surface area contributed by atoms with E-state index in [2.05, 4.69) is 34.0 Å². The van der Waals surface area contributed by atoms with E-state index in [1.807, 2.05) is 6.92 Å². The highest BCUT2D eigenvalue weighted by Crippen LogP contribution is 2.41. The normalized spacial score (nSPS) is 30.1. The minimum atomic E-state index is -0.0171. The number of rotatable bonds is 1. The standard InChI is InChI=1S/C17H26N4O2/c1-11-10-13-14(12(2)23-11)18-19-15(13)16(22)21-9-6-17(21)4-7-20(3)8-5-17/h11-12H,4-10H2,1-3H3,(H,18,19)/t11-,12+/m1/s1. The fourth-order valence-corrected chi connectivity index (χ4v) is 4.39. The van der Waals surface area contributed by atoms with E-state index in [1.54, 1.807) is 0 Å². The third-order valence-corrected chi connectivity index (χ3v) is 5.97. The molecule has 0 bridgehead atoms. The lowest BCUT2D eigenvalue weighted by atomic mass is 9.76. The van der Waals surface area contributed by atoms with Gasteiger partial charge in [-0.25, -0.2) is 0 Å². The summed E-state index contributed by atoms with van der Waals surface area (Å²) >= 11 is 0. The molecule has 6 heteroatoms. The van der Waals surface area contributed by atoms with E-state index in [9.17, 15) is 4.79 Å². The number of likely N-dealkylation sites (tertiary alicyclic amines) is 2. The number of carbonyl (C=O) groups is 1. The molecule has 126 valence electrons. The van der Waals surface area contributed by atoms with Crippen LogP contribution >= 0.6 is 0 Å². The van der Waals surface area contributed by atoms with Crippen molar-refractivity contribution in [1.29, 1.82) is 0 Å².